The van der Waals surface area contributed by atoms with E-state index in [0.29, 0.717) is 6.54 Å². The van der Waals surface area contributed by atoms with Crippen LogP contribution in [0.1, 0.15) is 71.8 Å². The average Bonchev–Trinajstić information content (AvgIpc) is 3.13. The summed E-state index contributed by atoms with van der Waals surface area (Å²) in [5.74, 6) is 1.71. The van der Waals surface area contributed by atoms with E-state index in [1.54, 1.807) is 0 Å². The molecular weight excluding hydrogens is 596 g/mol. The van der Waals surface area contributed by atoms with E-state index in [9.17, 15) is 9.59 Å². The van der Waals surface area contributed by atoms with Crippen molar-refractivity contribution in [1.82, 2.24) is 15.1 Å². The Bertz CT molecular complexity index is 1720. The van der Waals surface area contributed by atoms with E-state index in [1.807, 2.05) is 66.4 Å². The Morgan fingerprint density at radius 1 is 0.833 bits per heavy atom. The lowest BCUT2D eigenvalue weighted by atomic mass is 9.68. The largest absolute Gasteiger partial charge is 0.457 e. The van der Waals surface area contributed by atoms with Crippen LogP contribution >= 0.6 is 0 Å². The molecule has 1 saturated heterocycles. The van der Waals surface area contributed by atoms with Crippen LogP contribution in [0.25, 0.3) is 0 Å². The molecule has 0 spiro atoms. The van der Waals surface area contributed by atoms with Gasteiger partial charge in [-0.25, -0.2) is 0 Å². The van der Waals surface area contributed by atoms with Crippen LogP contribution in [0.4, 0.5) is 5.69 Å². The van der Waals surface area contributed by atoms with Gasteiger partial charge in [0.2, 0.25) is 5.91 Å². The predicted molar refractivity (Wildman–Crippen MR) is 191 cm³/mol. The van der Waals surface area contributed by atoms with E-state index in [4.69, 9.17) is 4.74 Å². The van der Waals surface area contributed by atoms with Crippen molar-refractivity contribution < 1.29 is 14.3 Å². The molecule has 3 heterocycles. The molecule has 4 aromatic rings. The summed E-state index contributed by atoms with van der Waals surface area (Å²) in [7, 11) is 0. The van der Waals surface area contributed by atoms with Crippen molar-refractivity contribution in [1.29, 1.82) is 0 Å². The summed E-state index contributed by atoms with van der Waals surface area (Å²) < 4.78 is 6.27. The smallest absolute Gasteiger partial charge is 0.254 e. The number of amides is 2. The number of benzene rings is 4. The minimum Gasteiger partial charge on any atom is -0.457 e. The zero-order valence-electron chi connectivity index (χ0n) is 28.2. The maximum atomic E-state index is 13.9. The molecule has 248 valence electrons. The summed E-state index contributed by atoms with van der Waals surface area (Å²) in [5.41, 5.74) is 5.42. The van der Waals surface area contributed by atoms with Crippen LogP contribution in [-0.4, -0.2) is 67.4 Å². The molecular formula is C41H46N4O3. The number of nitrogens with zero attached hydrogens (tertiary/aromatic N) is 3. The van der Waals surface area contributed by atoms with Gasteiger partial charge >= 0.3 is 0 Å². The molecule has 48 heavy (non-hydrogen) atoms. The first-order valence-electron chi connectivity index (χ1n) is 17.6. The third-order valence-corrected chi connectivity index (χ3v) is 10.6. The van der Waals surface area contributed by atoms with Crippen molar-refractivity contribution in [2.45, 2.75) is 51.0 Å². The highest BCUT2D eigenvalue weighted by Gasteiger charge is 2.47. The molecule has 3 aliphatic rings. The standard InChI is InChI=1S/C41H46N4O3/c1-3-42-40(47)41(35-15-7-9-17-37(35)48-38-18-10-8-16-36(38)41)22-11-12-23-43-25-27-44(28-26-43)33-20-19-32-21-24-45(39(46)34(32)29-33)30(2)31-13-5-4-6-14-31/h4-10,13-20,29-30H,3,11-12,21-28H2,1-2H3,(H,42,47). The van der Waals surface area contributed by atoms with Crippen LogP contribution in [0.5, 0.6) is 11.5 Å². The topological polar surface area (TPSA) is 65.1 Å². The minimum absolute atomic E-state index is 0.0444. The van der Waals surface area contributed by atoms with Gasteiger partial charge in [-0.2, -0.15) is 0 Å². The molecule has 0 radical (unpaired) electrons. The Hall–Kier alpha value is -4.62. The molecule has 0 bridgehead atoms. The first-order chi connectivity index (χ1) is 23.5. The van der Waals surface area contributed by atoms with E-state index in [1.165, 1.54) is 5.56 Å². The molecule has 3 aliphatic heterocycles. The van der Waals surface area contributed by atoms with E-state index >= 15 is 0 Å². The molecule has 0 saturated carbocycles. The van der Waals surface area contributed by atoms with E-state index < -0.39 is 5.41 Å². The van der Waals surface area contributed by atoms with Gasteiger partial charge in [0, 0.05) is 61.6 Å². The lowest BCUT2D eigenvalue weighted by Crippen LogP contribution is -2.47. The Kier molecular flexibility index (Phi) is 9.22. The summed E-state index contributed by atoms with van der Waals surface area (Å²) in [6.45, 7) is 10.2. The van der Waals surface area contributed by atoms with Gasteiger partial charge in [0.05, 0.1) is 6.04 Å². The highest BCUT2D eigenvalue weighted by atomic mass is 16.5. The summed E-state index contributed by atoms with van der Waals surface area (Å²) >= 11 is 0. The highest BCUT2D eigenvalue weighted by molar-refractivity contribution is 5.98. The molecule has 0 aliphatic carbocycles. The van der Waals surface area contributed by atoms with Gasteiger partial charge in [-0.1, -0.05) is 79.2 Å². The fourth-order valence-electron chi connectivity index (χ4n) is 7.93. The number of para-hydroxylation sites is 2. The van der Waals surface area contributed by atoms with Crippen molar-refractivity contribution in [2.24, 2.45) is 0 Å². The Balaban J connectivity index is 0.978. The summed E-state index contributed by atoms with van der Waals surface area (Å²) in [6, 6.07) is 32.8. The van der Waals surface area contributed by atoms with Crippen molar-refractivity contribution in [3.8, 4) is 11.5 Å². The second-order valence-corrected chi connectivity index (χ2v) is 13.3. The van der Waals surface area contributed by atoms with Gasteiger partial charge in [0.1, 0.15) is 16.9 Å². The maximum Gasteiger partial charge on any atom is 0.254 e. The van der Waals surface area contributed by atoms with Gasteiger partial charge in [-0.3, -0.25) is 14.5 Å². The second-order valence-electron chi connectivity index (χ2n) is 13.3. The van der Waals surface area contributed by atoms with Crippen molar-refractivity contribution in [2.75, 3.05) is 50.7 Å². The molecule has 2 amide bonds. The van der Waals surface area contributed by atoms with E-state index in [0.717, 1.165) is 104 Å². The molecule has 1 N–H and O–H groups in total. The molecule has 4 aromatic carbocycles. The van der Waals surface area contributed by atoms with Gasteiger partial charge in [-0.15, -0.1) is 0 Å². The van der Waals surface area contributed by atoms with Crippen LogP contribution in [0.2, 0.25) is 0 Å². The van der Waals surface area contributed by atoms with Crippen molar-refractivity contribution in [3.63, 3.8) is 0 Å². The second kappa shape index (κ2) is 13.9. The fourth-order valence-corrected chi connectivity index (χ4v) is 7.93. The number of rotatable bonds is 10. The van der Waals surface area contributed by atoms with Crippen LogP contribution in [0, 0.1) is 0 Å². The van der Waals surface area contributed by atoms with Gasteiger partial charge < -0.3 is 19.9 Å². The maximum absolute atomic E-state index is 13.9. The van der Waals surface area contributed by atoms with E-state index in [2.05, 4.69) is 64.5 Å². The summed E-state index contributed by atoms with van der Waals surface area (Å²) in [5, 5.41) is 3.15. The van der Waals surface area contributed by atoms with Gasteiger partial charge in [-0.05, 0) is 75.0 Å². The average molecular weight is 643 g/mol. The Morgan fingerprint density at radius 3 is 2.19 bits per heavy atom. The third kappa shape index (κ3) is 5.96. The molecule has 1 atom stereocenters. The zero-order chi connectivity index (χ0) is 33.1. The number of likely N-dealkylation sites (N-methyl/N-ethyl adjacent to an activating group) is 1. The number of piperazine rings is 1. The van der Waals surface area contributed by atoms with E-state index in [-0.39, 0.29) is 17.9 Å². The molecule has 7 nitrogen and oxygen atoms in total. The summed E-state index contributed by atoms with van der Waals surface area (Å²) in [6.07, 6.45) is 3.54. The normalized spacial score (nSPS) is 17.5. The SMILES string of the molecule is CCNC(=O)C1(CCCCN2CCN(c3ccc4c(c3)C(=O)N(C(C)c3ccccc3)CC4)CC2)c2ccccc2Oc2ccccc21. The Labute approximate surface area is 284 Å². The zero-order valence-corrected chi connectivity index (χ0v) is 28.2. The first kappa shape index (κ1) is 32.0. The fraction of sp³-hybridized carbons (Fsp3) is 0.366. The number of anilines is 1. The number of nitrogens with one attached hydrogen (secondary N) is 1. The molecule has 1 fully saturated rings. The lowest BCUT2D eigenvalue weighted by molar-refractivity contribution is -0.125. The Morgan fingerprint density at radius 2 is 1.50 bits per heavy atom. The van der Waals surface area contributed by atoms with Crippen LogP contribution in [0.15, 0.2) is 97.1 Å². The number of ether oxygens (including phenoxy) is 1. The number of carbonyl (C=O) groups is 2. The summed E-state index contributed by atoms with van der Waals surface area (Å²) in [4.78, 5) is 34.6. The number of hydrogen-bond donors (Lipinski definition) is 1. The lowest BCUT2D eigenvalue weighted by Gasteiger charge is -2.39. The molecule has 7 heteroatoms. The number of hydrogen-bond acceptors (Lipinski definition) is 5. The quantitative estimate of drug-likeness (QED) is 0.190. The predicted octanol–water partition coefficient (Wildman–Crippen LogP) is 6.97. The molecule has 7 rings (SSSR count). The first-order valence-corrected chi connectivity index (χ1v) is 17.6. The van der Waals surface area contributed by atoms with Gasteiger partial charge in [0.15, 0.2) is 0 Å². The monoisotopic (exact) mass is 642 g/mol. The van der Waals surface area contributed by atoms with Gasteiger partial charge in [0.25, 0.3) is 5.91 Å². The number of fused-ring (bicyclic) bond motifs is 3. The number of carbonyl (C=O) groups excluding carboxylic acids is 2. The van der Waals surface area contributed by atoms with Crippen LogP contribution < -0.4 is 15.0 Å². The molecule has 0 aromatic heterocycles. The van der Waals surface area contributed by atoms with Crippen LogP contribution in [-0.2, 0) is 16.6 Å². The molecule has 1 unspecified atom stereocenters. The highest BCUT2D eigenvalue weighted by Crippen LogP contribution is 2.50. The minimum atomic E-state index is -0.779. The number of unbranched alkanes of at least 4 members (excludes halogenated alkanes) is 1. The third-order valence-electron chi connectivity index (χ3n) is 10.6. The van der Waals surface area contributed by atoms with Crippen molar-refractivity contribution in [3.05, 3.63) is 125 Å². The van der Waals surface area contributed by atoms with Crippen molar-refractivity contribution >= 4 is 17.5 Å². The van der Waals surface area contributed by atoms with Crippen LogP contribution in [0.3, 0.4) is 0 Å².